The number of aryl methyl sites for hydroxylation is 1. The molecule has 4 rings (SSSR count). The summed E-state index contributed by atoms with van der Waals surface area (Å²) in [5, 5.41) is 4.98. The summed E-state index contributed by atoms with van der Waals surface area (Å²) in [5.41, 5.74) is 4.54. The van der Waals surface area contributed by atoms with Crippen LogP contribution >= 0.6 is 0 Å². The van der Waals surface area contributed by atoms with Gasteiger partial charge in [0.25, 0.3) is 0 Å². The minimum atomic E-state index is -0.225. The lowest BCUT2D eigenvalue weighted by atomic mass is 10.1. The van der Waals surface area contributed by atoms with Crippen molar-refractivity contribution in [2.75, 3.05) is 44.2 Å². The van der Waals surface area contributed by atoms with Crippen molar-refractivity contribution in [1.29, 1.82) is 0 Å². The number of hydrogen-bond acceptors (Lipinski definition) is 4. The zero-order valence-corrected chi connectivity index (χ0v) is 21.0. The van der Waals surface area contributed by atoms with Crippen LogP contribution in [0.2, 0.25) is 0 Å². The van der Waals surface area contributed by atoms with E-state index in [9.17, 15) is 4.39 Å². The molecule has 0 aliphatic carbocycles. The fraction of sp³-hybridized carbons (Fsp3) is 0.464. The van der Waals surface area contributed by atoms with Crippen LogP contribution in [0.25, 0.3) is 5.69 Å². The van der Waals surface area contributed by atoms with Crippen LogP contribution < -0.4 is 4.90 Å². The molecule has 1 aromatic heterocycles. The molecule has 2 heterocycles. The van der Waals surface area contributed by atoms with Crippen molar-refractivity contribution in [2.24, 2.45) is 5.92 Å². The van der Waals surface area contributed by atoms with E-state index in [1.54, 1.807) is 0 Å². The van der Waals surface area contributed by atoms with Gasteiger partial charge < -0.3 is 9.80 Å². The second-order valence-electron chi connectivity index (χ2n) is 9.75. The van der Waals surface area contributed by atoms with E-state index >= 15 is 0 Å². The Labute approximate surface area is 203 Å². The summed E-state index contributed by atoms with van der Waals surface area (Å²) in [6, 6.07) is 17.4. The lowest BCUT2D eigenvalue weighted by molar-refractivity contribution is 0.227. The molecule has 1 saturated heterocycles. The molecule has 0 saturated carbocycles. The second-order valence-corrected chi connectivity index (χ2v) is 9.75. The number of aromatic nitrogens is 2. The number of hydrogen-bond donors (Lipinski definition) is 0. The number of likely N-dealkylation sites (N-methyl/N-ethyl adjacent to an activating group) is 1. The van der Waals surface area contributed by atoms with E-state index in [0.717, 1.165) is 69.6 Å². The SMILES string of the molecule is CCN1CCN(c2c(CN(Cc3ccccc3)CC(C)C)c(C)nn2-c2ccc(F)cc2)CC1. The highest BCUT2D eigenvalue weighted by atomic mass is 19.1. The first-order valence-corrected chi connectivity index (χ1v) is 12.5. The molecule has 0 amide bonds. The highest BCUT2D eigenvalue weighted by Crippen LogP contribution is 2.30. The molecule has 0 unspecified atom stereocenters. The highest BCUT2D eigenvalue weighted by molar-refractivity contribution is 5.56. The molecule has 0 bridgehead atoms. The molecule has 5 nitrogen and oxygen atoms in total. The van der Waals surface area contributed by atoms with Gasteiger partial charge in [-0.05, 0) is 49.2 Å². The summed E-state index contributed by atoms with van der Waals surface area (Å²) in [6.45, 7) is 16.7. The Morgan fingerprint density at radius 2 is 1.62 bits per heavy atom. The van der Waals surface area contributed by atoms with Gasteiger partial charge in [-0.15, -0.1) is 0 Å². The lowest BCUT2D eigenvalue weighted by Gasteiger charge is -2.36. The maximum Gasteiger partial charge on any atom is 0.137 e. The fourth-order valence-electron chi connectivity index (χ4n) is 4.86. The minimum Gasteiger partial charge on any atom is -0.354 e. The monoisotopic (exact) mass is 463 g/mol. The average molecular weight is 464 g/mol. The van der Waals surface area contributed by atoms with Crippen molar-refractivity contribution < 1.29 is 4.39 Å². The summed E-state index contributed by atoms with van der Waals surface area (Å²) in [7, 11) is 0. The van der Waals surface area contributed by atoms with Gasteiger partial charge in [0.2, 0.25) is 0 Å². The van der Waals surface area contributed by atoms with E-state index in [0.29, 0.717) is 5.92 Å². The number of nitrogens with zero attached hydrogens (tertiary/aromatic N) is 5. The maximum absolute atomic E-state index is 13.7. The third kappa shape index (κ3) is 5.86. The minimum absolute atomic E-state index is 0.225. The molecule has 0 radical (unpaired) electrons. The third-order valence-electron chi connectivity index (χ3n) is 6.60. The van der Waals surface area contributed by atoms with Crippen molar-refractivity contribution in [3.8, 4) is 5.69 Å². The smallest absolute Gasteiger partial charge is 0.137 e. The average Bonchev–Trinajstić information content (AvgIpc) is 3.15. The van der Waals surface area contributed by atoms with Crippen LogP contribution in [0.3, 0.4) is 0 Å². The summed E-state index contributed by atoms with van der Waals surface area (Å²) in [5.74, 6) is 1.49. The van der Waals surface area contributed by atoms with Gasteiger partial charge in [-0.25, -0.2) is 9.07 Å². The van der Waals surface area contributed by atoms with Gasteiger partial charge in [0, 0.05) is 51.4 Å². The third-order valence-corrected chi connectivity index (χ3v) is 6.60. The standard InChI is InChI=1S/C28H38FN5/c1-5-31-15-17-33(18-16-31)28-27(23(4)30-34(28)26-13-11-25(29)12-14-26)21-32(19-22(2)3)20-24-9-7-6-8-10-24/h6-14,22H,5,15-21H2,1-4H3. The molecule has 3 aromatic rings. The van der Waals surface area contributed by atoms with Gasteiger partial charge in [-0.1, -0.05) is 51.1 Å². The Balaban J connectivity index is 1.70. The zero-order valence-electron chi connectivity index (χ0n) is 21.0. The van der Waals surface area contributed by atoms with Crippen LogP contribution in [0.1, 0.15) is 37.6 Å². The molecular weight excluding hydrogens is 425 g/mol. The van der Waals surface area contributed by atoms with Gasteiger partial charge >= 0.3 is 0 Å². The van der Waals surface area contributed by atoms with Gasteiger partial charge in [-0.3, -0.25) is 4.90 Å². The van der Waals surface area contributed by atoms with Crippen molar-refractivity contribution >= 4 is 5.82 Å². The van der Waals surface area contributed by atoms with Gasteiger partial charge in [0.15, 0.2) is 0 Å². The number of halogens is 1. The topological polar surface area (TPSA) is 27.5 Å². The molecule has 6 heteroatoms. The predicted octanol–water partition coefficient (Wildman–Crippen LogP) is 5.12. The molecule has 1 fully saturated rings. The fourth-order valence-corrected chi connectivity index (χ4v) is 4.86. The van der Waals surface area contributed by atoms with Crippen molar-refractivity contribution in [3.63, 3.8) is 0 Å². The van der Waals surface area contributed by atoms with E-state index in [1.807, 2.05) is 16.8 Å². The van der Waals surface area contributed by atoms with Crippen LogP contribution in [-0.2, 0) is 13.1 Å². The maximum atomic E-state index is 13.7. The molecular formula is C28H38FN5. The van der Waals surface area contributed by atoms with Crippen molar-refractivity contribution in [2.45, 2.75) is 40.8 Å². The van der Waals surface area contributed by atoms with Gasteiger partial charge in [-0.2, -0.15) is 5.10 Å². The largest absolute Gasteiger partial charge is 0.354 e. The van der Waals surface area contributed by atoms with E-state index in [-0.39, 0.29) is 5.82 Å². The van der Waals surface area contributed by atoms with Crippen molar-refractivity contribution in [3.05, 3.63) is 77.2 Å². The van der Waals surface area contributed by atoms with Crippen LogP contribution in [0, 0.1) is 18.7 Å². The number of anilines is 1. The molecule has 1 aliphatic heterocycles. The second kappa shape index (κ2) is 11.2. The predicted molar refractivity (Wildman–Crippen MR) is 138 cm³/mol. The molecule has 0 N–H and O–H groups in total. The molecule has 2 aromatic carbocycles. The first-order valence-electron chi connectivity index (χ1n) is 12.5. The number of benzene rings is 2. The van der Waals surface area contributed by atoms with Crippen molar-refractivity contribution in [1.82, 2.24) is 19.6 Å². The number of piperazine rings is 1. The Kier molecular flexibility index (Phi) is 8.01. The Bertz CT molecular complexity index is 1040. The van der Waals surface area contributed by atoms with E-state index < -0.39 is 0 Å². The van der Waals surface area contributed by atoms with E-state index in [1.165, 1.54) is 23.3 Å². The van der Waals surface area contributed by atoms with Crippen LogP contribution in [0.5, 0.6) is 0 Å². The first kappa shape index (κ1) is 24.4. The van der Waals surface area contributed by atoms with Gasteiger partial charge in [0.1, 0.15) is 11.6 Å². The van der Waals surface area contributed by atoms with Crippen LogP contribution in [-0.4, -0.2) is 58.8 Å². The lowest BCUT2D eigenvalue weighted by Crippen LogP contribution is -2.47. The number of rotatable bonds is 9. The quantitative estimate of drug-likeness (QED) is 0.440. The normalized spacial score (nSPS) is 15.0. The molecule has 1 aliphatic rings. The van der Waals surface area contributed by atoms with E-state index in [2.05, 4.69) is 72.7 Å². The van der Waals surface area contributed by atoms with Crippen LogP contribution in [0.4, 0.5) is 10.2 Å². The molecule has 182 valence electrons. The van der Waals surface area contributed by atoms with Crippen LogP contribution in [0.15, 0.2) is 54.6 Å². The zero-order chi connectivity index (χ0) is 24.1. The highest BCUT2D eigenvalue weighted by Gasteiger charge is 2.26. The Hall–Kier alpha value is -2.70. The summed E-state index contributed by atoms with van der Waals surface area (Å²) < 4.78 is 15.7. The first-order chi connectivity index (χ1) is 16.4. The molecule has 34 heavy (non-hydrogen) atoms. The molecule has 0 spiro atoms. The van der Waals surface area contributed by atoms with E-state index in [4.69, 9.17) is 5.10 Å². The Morgan fingerprint density at radius 1 is 0.941 bits per heavy atom. The van der Waals surface area contributed by atoms with Gasteiger partial charge in [0.05, 0.1) is 11.4 Å². The Morgan fingerprint density at radius 3 is 2.24 bits per heavy atom. The summed E-state index contributed by atoms with van der Waals surface area (Å²) >= 11 is 0. The molecule has 0 atom stereocenters. The summed E-state index contributed by atoms with van der Waals surface area (Å²) in [6.07, 6.45) is 0. The summed E-state index contributed by atoms with van der Waals surface area (Å²) in [4.78, 5) is 7.49.